The molecule has 0 radical (unpaired) electrons. The number of rotatable bonds is 11. The molecule has 1 atom stereocenters. The van der Waals surface area contributed by atoms with Crippen LogP contribution in [0.4, 0.5) is 5.13 Å². The van der Waals surface area contributed by atoms with Gasteiger partial charge in [0.15, 0.2) is 27.4 Å². The highest BCUT2D eigenvalue weighted by atomic mass is 35.5. The zero-order valence-corrected chi connectivity index (χ0v) is 28.8. The van der Waals surface area contributed by atoms with E-state index in [1.807, 2.05) is 48.5 Å². The number of aliphatic hydroxyl groups is 1. The van der Waals surface area contributed by atoms with Crippen molar-refractivity contribution in [3.8, 4) is 11.5 Å². The van der Waals surface area contributed by atoms with Crippen molar-refractivity contribution >= 4 is 74.1 Å². The predicted molar refractivity (Wildman–Crippen MR) is 190 cm³/mol. The first-order valence-electron chi connectivity index (χ1n) is 14.9. The van der Waals surface area contributed by atoms with Gasteiger partial charge in [-0.15, -0.1) is 10.2 Å². The maximum absolute atomic E-state index is 14.1. The second-order valence-corrected chi connectivity index (χ2v) is 13.9. The number of hydrogen-bond acceptors (Lipinski definition) is 10. The van der Waals surface area contributed by atoms with Crippen LogP contribution >= 0.6 is 46.3 Å². The Balaban J connectivity index is 1.24. The SMILES string of the molecule is COc1cc(C2C(C(=O)c3cc4ccccc4o3)=C(O)C(=O)N2c2nnc(SCc3ccc(Cl)cc3Cl)s2)ccc1OCc1ccccc1. The molecular formula is C36H25Cl2N3O6S2. The second-order valence-electron chi connectivity index (χ2n) is 10.9. The summed E-state index contributed by atoms with van der Waals surface area (Å²) in [5.74, 6) is -0.878. The molecule has 1 aliphatic rings. The number of amides is 1. The molecular weight excluding hydrogens is 705 g/mol. The molecule has 7 rings (SSSR count). The number of benzene rings is 4. The first-order chi connectivity index (χ1) is 23.8. The van der Waals surface area contributed by atoms with Crippen molar-refractivity contribution in [1.29, 1.82) is 0 Å². The highest BCUT2D eigenvalue weighted by molar-refractivity contribution is 8.00. The van der Waals surface area contributed by atoms with Crippen LogP contribution in [0.2, 0.25) is 10.0 Å². The lowest BCUT2D eigenvalue weighted by Crippen LogP contribution is -2.31. The molecule has 0 fully saturated rings. The number of furan rings is 1. The summed E-state index contributed by atoms with van der Waals surface area (Å²) in [5.41, 5.74) is 2.62. The lowest BCUT2D eigenvalue weighted by Gasteiger charge is -2.24. The normalized spacial score (nSPS) is 14.6. The highest BCUT2D eigenvalue weighted by Crippen LogP contribution is 2.46. The van der Waals surface area contributed by atoms with Crippen LogP contribution < -0.4 is 14.4 Å². The molecule has 0 bridgehead atoms. The van der Waals surface area contributed by atoms with E-state index in [1.54, 1.807) is 48.5 Å². The number of halogens is 2. The van der Waals surface area contributed by atoms with Gasteiger partial charge in [0, 0.05) is 21.2 Å². The Morgan fingerprint density at radius 1 is 0.980 bits per heavy atom. The van der Waals surface area contributed by atoms with Gasteiger partial charge in [-0.2, -0.15) is 0 Å². The van der Waals surface area contributed by atoms with E-state index in [9.17, 15) is 14.7 Å². The summed E-state index contributed by atoms with van der Waals surface area (Å²) < 4.78 is 18.2. The molecule has 1 amide bonds. The molecule has 0 saturated heterocycles. The minimum absolute atomic E-state index is 0.0227. The summed E-state index contributed by atoms with van der Waals surface area (Å²) >= 11 is 14.9. The number of para-hydroxylation sites is 1. The van der Waals surface area contributed by atoms with Gasteiger partial charge in [-0.1, -0.05) is 107 Å². The number of carbonyl (C=O) groups excluding carboxylic acids is 2. The monoisotopic (exact) mass is 729 g/mol. The lowest BCUT2D eigenvalue weighted by atomic mass is 9.95. The fourth-order valence-electron chi connectivity index (χ4n) is 5.42. The van der Waals surface area contributed by atoms with Crippen LogP contribution in [0.25, 0.3) is 11.0 Å². The number of methoxy groups -OCH3 is 1. The fourth-order valence-corrected chi connectivity index (χ4v) is 7.85. The number of ether oxygens (including phenoxy) is 2. The number of thioether (sulfide) groups is 1. The number of Topliss-reactive ketones (excluding diaryl/α,β-unsaturated/α-hetero) is 1. The van der Waals surface area contributed by atoms with E-state index in [-0.39, 0.29) is 16.5 Å². The molecule has 13 heteroatoms. The molecule has 4 aromatic carbocycles. The Kier molecular flexibility index (Phi) is 9.33. The van der Waals surface area contributed by atoms with E-state index in [0.29, 0.717) is 54.8 Å². The Morgan fingerprint density at radius 3 is 2.55 bits per heavy atom. The fraction of sp³-hybridized carbons (Fsp3) is 0.111. The van der Waals surface area contributed by atoms with Gasteiger partial charge in [0.05, 0.1) is 18.7 Å². The number of aromatic nitrogens is 2. The standard InChI is InChI=1S/C36H25Cl2N3O6S2/c1-45-28-16-22(12-14-27(28)46-18-20-7-3-2-4-8-20)31-30(32(42)29-15-21-9-5-6-10-26(21)47-29)33(43)34(44)41(31)35-39-40-36(49-35)48-19-23-11-13-24(37)17-25(23)38/h2-17,31,43H,18-19H2,1H3. The Labute approximate surface area is 298 Å². The van der Waals surface area contributed by atoms with Crippen molar-refractivity contribution < 1.29 is 28.6 Å². The number of hydrogen-bond donors (Lipinski definition) is 1. The molecule has 0 spiro atoms. The van der Waals surface area contributed by atoms with Crippen molar-refractivity contribution in [1.82, 2.24) is 10.2 Å². The number of anilines is 1. The zero-order chi connectivity index (χ0) is 34.1. The van der Waals surface area contributed by atoms with Gasteiger partial charge in [-0.05, 0) is 53.1 Å². The first kappa shape index (κ1) is 32.7. The van der Waals surface area contributed by atoms with Gasteiger partial charge >= 0.3 is 0 Å². The van der Waals surface area contributed by atoms with E-state index in [1.165, 1.54) is 23.8 Å². The van der Waals surface area contributed by atoms with Gasteiger partial charge in [-0.25, -0.2) is 0 Å². The summed E-state index contributed by atoms with van der Waals surface area (Å²) in [7, 11) is 1.50. The molecule has 1 aliphatic heterocycles. The minimum atomic E-state index is -1.10. The number of carbonyl (C=O) groups is 2. The van der Waals surface area contributed by atoms with Crippen LogP contribution in [0.1, 0.15) is 33.3 Å². The molecule has 1 N–H and O–H groups in total. The third-order valence-electron chi connectivity index (χ3n) is 7.81. The summed E-state index contributed by atoms with van der Waals surface area (Å²) in [6.07, 6.45) is 0. The van der Waals surface area contributed by atoms with Crippen molar-refractivity contribution in [2.45, 2.75) is 22.7 Å². The molecule has 0 saturated carbocycles. The van der Waals surface area contributed by atoms with Crippen LogP contribution in [0.3, 0.4) is 0 Å². The van der Waals surface area contributed by atoms with E-state index in [4.69, 9.17) is 37.1 Å². The summed E-state index contributed by atoms with van der Waals surface area (Å²) in [4.78, 5) is 29.2. The van der Waals surface area contributed by atoms with Crippen molar-refractivity contribution in [2.75, 3.05) is 12.0 Å². The minimum Gasteiger partial charge on any atom is -0.503 e. The molecule has 1 unspecified atom stereocenters. The Hall–Kier alpha value is -4.81. The maximum atomic E-state index is 14.1. The highest BCUT2D eigenvalue weighted by Gasteiger charge is 2.47. The Morgan fingerprint density at radius 2 is 1.78 bits per heavy atom. The smallest absolute Gasteiger partial charge is 0.296 e. The van der Waals surface area contributed by atoms with Gasteiger partial charge in [0.1, 0.15) is 12.2 Å². The first-order valence-corrected chi connectivity index (χ1v) is 17.4. The van der Waals surface area contributed by atoms with E-state index in [2.05, 4.69) is 10.2 Å². The maximum Gasteiger partial charge on any atom is 0.296 e. The van der Waals surface area contributed by atoms with Crippen LogP contribution in [0, 0.1) is 0 Å². The van der Waals surface area contributed by atoms with E-state index >= 15 is 0 Å². The molecule has 6 aromatic rings. The summed E-state index contributed by atoms with van der Waals surface area (Å²) in [6, 6.07) is 27.7. The molecule has 2 aromatic heterocycles. The van der Waals surface area contributed by atoms with Gasteiger partial charge < -0.3 is 19.0 Å². The number of ketones is 1. The quantitative estimate of drug-likeness (QED) is 0.0792. The number of aliphatic hydroxyl groups excluding tert-OH is 1. The van der Waals surface area contributed by atoms with Crippen LogP contribution in [-0.2, 0) is 17.2 Å². The lowest BCUT2D eigenvalue weighted by molar-refractivity contribution is -0.117. The number of nitrogens with zero attached hydrogens (tertiary/aromatic N) is 3. The van der Waals surface area contributed by atoms with Gasteiger partial charge in [-0.3, -0.25) is 14.5 Å². The van der Waals surface area contributed by atoms with Crippen molar-refractivity contribution in [2.24, 2.45) is 0 Å². The molecule has 246 valence electrons. The largest absolute Gasteiger partial charge is 0.503 e. The predicted octanol–water partition coefficient (Wildman–Crippen LogP) is 9.25. The Bertz CT molecular complexity index is 2200. The molecule has 0 aliphatic carbocycles. The van der Waals surface area contributed by atoms with Crippen molar-refractivity contribution in [3.63, 3.8) is 0 Å². The van der Waals surface area contributed by atoms with Gasteiger partial charge in [0.25, 0.3) is 5.91 Å². The third-order valence-corrected chi connectivity index (χ3v) is 10.5. The third kappa shape index (κ3) is 6.62. The molecule has 49 heavy (non-hydrogen) atoms. The average Bonchev–Trinajstić information content (AvgIpc) is 3.83. The van der Waals surface area contributed by atoms with E-state index < -0.39 is 23.5 Å². The number of fused-ring (bicyclic) bond motifs is 1. The second kappa shape index (κ2) is 14.0. The van der Waals surface area contributed by atoms with Crippen LogP contribution in [0.15, 0.2) is 117 Å². The molecule has 3 heterocycles. The van der Waals surface area contributed by atoms with Crippen LogP contribution in [-0.4, -0.2) is 34.1 Å². The zero-order valence-electron chi connectivity index (χ0n) is 25.6. The van der Waals surface area contributed by atoms with Crippen molar-refractivity contribution in [3.05, 3.63) is 141 Å². The summed E-state index contributed by atoms with van der Waals surface area (Å²) in [5, 5.41) is 21.9. The van der Waals surface area contributed by atoms with E-state index in [0.717, 1.165) is 22.5 Å². The molecule has 9 nitrogen and oxygen atoms in total. The summed E-state index contributed by atoms with van der Waals surface area (Å²) in [6.45, 7) is 0.299. The van der Waals surface area contributed by atoms with Gasteiger partial charge in [0.2, 0.25) is 10.9 Å². The van der Waals surface area contributed by atoms with Crippen LogP contribution in [0.5, 0.6) is 11.5 Å². The topological polar surface area (TPSA) is 115 Å². The average molecular weight is 731 g/mol.